The molecule has 0 spiro atoms. The lowest BCUT2D eigenvalue weighted by atomic mass is 9.74. The minimum atomic E-state index is -4.63. The first-order valence-electron chi connectivity index (χ1n) is 5.98. The standard InChI is InChI=1S/C10H18BF3N/c12-11(13,14)8-15-6-5-9-3-1-2-4-10(9)7-15/h9-10H,1-8H2/q-1. The molecule has 1 aliphatic carbocycles. The van der Waals surface area contributed by atoms with Crippen molar-refractivity contribution in [3.8, 4) is 0 Å². The second kappa shape index (κ2) is 4.36. The lowest BCUT2D eigenvalue weighted by Crippen LogP contribution is -2.47. The first-order chi connectivity index (χ1) is 7.04. The predicted octanol–water partition coefficient (Wildman–Crippen LogP) is 2.89. The molecule has 15 heavy (non-hydrogen) atoms. The number of likely N-dealkylation sites (tertiary alicyclic amines) is 1. The largest absolute Gasteiger partial charge is 0.492 e. The van der Waals surface area contributed by atoms with Crippen LogP contribution in [0.1, 0.15) is 32.1 Å². The van der Waals surface area contributed by atoms with Crippen LogP contribution < -0.4 is 0 Å². The van der Waals surface area contributed by atoms with E-state index < -0.39 is 13.4 Å². The van der Waals surface area contributed by atoms with Gasteiger partial charge in [0.1, 0.15) is 0 Å². The number of hydrogen-bond acceptors (Lipinski definition) is 1. The van der Waals surface area contributed by atoms with Crippen molar-refractivity contribution < 1.29 is 12.9 Å². The number of rotatable bonds is 2. The number of hydrogen-bond donors (Lipinski definition) is 0. The summed E-state index contributed by atoms with van der Waals surface area (Å²) < 4.78 is 36.9. The van der Waals surface area contributed by atoms with Gasteiger partial charge in [0.2, 0.25) is 0 Å². The molecule has 0 aromatic heterocycles. The summed E-state index contributed by atoms with van der Waals surface area (Å²) in [4.78, 5) is 1.62. The van der Waals surface area contributed by atoms with Crippen molar-refractivity contribution in [1.29, 1.82) is 0 Å². The van der Waals surface area contributed by atoms with Crippen LogP contribution in [0.5, 0.6) is 0 Å². The monoisotopic (exact) mass is 220 g/mol. The second-order valence-electron chi connectivity index (χ2n) is 5.06. The Labute approximate surface area is 89.1 Å². The minimum Gasteiger partial charge on any atom is -0.448 e. The molecule has 1 nitrogen and oxygen atoms in total. The van der Waals surface area contributed by atoms with Gasteiger partial charge in [0, 0.05) is 0 Å². The molecular formula is C10H18BF3N-. The third-order valence-electron chi connectivity index (χ3n) is 3.84. The SMILES string of the molecule is F[B-](F)(F)CN1CCC2CCCCC2C1. The van der Waals surface area contributed by atoms with E-state index in [-0.39, 0.29) is 0 Å². The zero-order chi connectivity index (χ0) is 10.9. The second-order valence-corrected chi connectivity index (χ2v) is 5.06. The summed E-state index contributed by atoms with van der Waals surface area (Å²) in [6.07, 6.45) is 5.22. The molecule has 1 saturated carbocycles. The van der Waals surface area contributed by atoms with E-state index in [1.807, 2.05) is 0 Å². The van der Waals surface area contributed by atoms with Crippen molar-refractivity contribution in [2.45, 2.75) is 32.1 Å². The van der Waals surface area contributed by atoms with Gasteiger partial charge in [0.25, 0.3) is 0 Å². The summed E-state index contributed by atoms with van der Waals surface area (Å²) in [5, 5.41) is 0. The molecule has 2 unspecified atom stereocenters. The summed E-state index contributed by atoms with van der Waals surface area (Å²) in [5.74, 6) is 1.27. The summed E-state index contributed by atoms with van der Waals surface area (Å²) in [6.45, 7) is -3.29. The average Bonchev–Trinajstić information content (AvgIpc) is 2.15. The molecule has 2 atom stereocenters. The Kier molecular flexibility index (Phi) is 3.28. The molecule has 0 radical (unpaired) electrons. The lowest BCUT2D eigenvalue weighted by molar-refractivity contribution is 0.0928. The van der Waals surface area contributed by atoms with Crippen LogP contribution in [-0.2, 0) is 0 Å². The van der Waals surface area contributed by atoms with E-state index in [1.54, 1.807) is 4.90 Å². The first-order valence-corrected chi connectivity index (χ1v) is 5.98. The van der Waals surface area contributed by atoms with E-state index in [4.69, 9.17) is 0 Å². The Bertz CT molecular complexity index is 219. The Balaban J connectivity index is 1.85. The average molecular weight is 220 g/mol. The van der Waals surface area contributed by atoms with Crippen molar-refractivity contribution in [2.24, 2.45) is 11.8 Å². The Morgan fingerprint density at radius 2 is 1.67 bits per heavy atom. The van der Waals surface area contributed by atoms with Gasteiger partial charge in [-0.1, -0.05) is 19.3 Å². The van der Waals surface area contributed by atoms with E-state index in [0.29, 0.717) is 19.0 Å². The molecule has 2 aliphatic rings. The van der Waals surface area contributed by atoms with Crippen LogP contribution in [0.4, 0.5) is 12.9 Å². The van der Waals surface area contributed by atoms with E-state index >= 15 is 0 Å². The van der Waals surface area contributed by atoms with Gasteiger partial charge in [-0.25, -0.2) is 0 Å². The first kappa shape index (κ1) is 11.3. The molecule has 0 amide bonds. The molecular weight excluding hydrogens is 202 g/mol. The Morgan fingerprint density at radius 1 is 1.00 bits per heavy atom. The summed E-state index contributed by atoms with van der Waals surface area (Å²) in [5.41, 5.74) is 0. The summed E-state index contributed by atoms with van der Waals surface area (Å²) >= 11 is 0. The van der Waals surface area contributed by atoms with Gasteiger partial charge in [-0.3, -0.25) is 0 Å². The van der Waals surface area contributed by atoms with Crippen LogP contribution in [0.3, 0.4) is 0 Å². The maximum absolute atomic E-state index is 12.3. The molecule has 2 rings (SSSR count). The number of halogens is 3. The van der Waals surface area contributed by atoms with E-state index in [9.17, 15) is 12.9 Å². The van der Waals surface area contributed by atoms with Crippen molar-refractivity contribution in [3.05, 3.63) is 0 Å². The lowest BCUT2D eigenvalue weighted by Gasteiger charge is -2.42. The highest BCUT2D eigenvalue weighted by molar-refractivity contribution is 6.58. The fourth-order valence-corrected chi connectivity index (χ4v) is 3.13. The molecule has 88 valence electrons. The Hall–Kier alpha value is -0.185. The molecule has 2 fully saturated rings. The zero-order valence-electron chi connectivity index (χ0n) is 8.97. The summed E-state index contributed by atoms with van der Waals surface area (Å²) in [7, 11) is 0. The van der Waals surface area contributed by atoms with Crippen LogP contribution in [0.2, 0.25) is 0 Å². The molecule has 0 N–H and O–H groups in total. The van der Waals surface area contributed by atoms with E-state index in [0.717, 1.165) is 18.8 Å². The van der Waals surface area contributed by atoms with Gasteiger partial charge < -0.3 is 17.8 Å². The van der Waals surface area contributed by atoms with Crippen molar-refractivity contribution in [2.75, 3.05) is 19.5 Å². The predicted molar refractivity (Wildman–Crippen MR) is 55.6 cm³/mol. The highest BCUT2D eigenvalue weighted by atomic mass is 19.4. The molecule has 1 aliphatic heterocycles. The Morgan fingerprint density at radius 3 is 2.33 bits per heavy atom. The highest BCUT2D eigenvalue weighted by Gasteiger charge is 2.34. The van der Waals surface area contributed by atoms with Gasteiger partial charge in [0.15, 0.2) is 0 Å². The zero-order valence-corrected chi connectivity index (χ0v) is 8.97. The third-order valence-corrected chi connectivity index (χ3v) is 3.84. The normalized spacial score (nSPS) is 33.8. The quantitative estimate of drug-likeness (QED) is 0.646. The minimum absolute atomic E-state index is 0.547. The fourth-order valence-electron chi connectivity index (χ4n) is 3.13. The van der Waals surface area contributed by atoms with Crippen LogP contribution in [-0.4, -0.2) is 31.4 Å². The molecule has 1 saturated heterocycles. The fraction of sp³-hybridized carbons (Fsp3) is 1.00. The van der Waals surface area contributed by atoms with Crippen molar-refractivity contribution in [1.82, 2.24) is 4.90 Å². The topological polar surface area (TPSA) is 3.24 Å². The van der Waals surface area contributed by atoms with Gasteiger partial charge in [-0.2, -0.15) is 0 Å². The summed E-state index contributed by atoms with van der Waals surface area (Å²) in [6, 6.07) is 0. The van der Waals surface area contributed by atoms with Gasteiger partial charge in [-0.05, 0) is 44.2 Å². The van der Waals surface area contributed by atoms with Crippen LogP contribution in [0, 0.1) is 11.8 Å². The smallest absolute Gasteiger partial charge is 0.448 e. The molecule has 5 heteroatoms. The van der Waals surface area contributed by atoms with Crippen molar-refractivity contribution in [3.63, 3.8) is 0 Å². The molecule has 0 bridgehead atoms. The van der Waals surface area contributed by atoms with Gasteiger partial charge in [0.05, 0.1) is 0 Å². The van der Waals surface area contributed by atoms with E-state index in [2.05, 4.69) is 0 Å². The van der Waals surface area contributed by atoms with Crippen molar-refractivity contribution >= 4 is 6.98 Å². The third kappa shape index (κ3) is 3.13. The maximum atomic E-state index is 12.3. The number of piperidine rings is 1. The van der Waals surface area contributed by atoms with Gasteiger partial charge >= 0.3 is 6.98 Å². The molecule has 1 heterocycles. The van der Waals surface area contributed by atoms with Crippen LogP contribution >= 0.6 is 0 Å². The van der Waals surface area contributed by atoms with Crippen LogP contribution in [0.25, 0.3) is 0 Å². The molecule has 0 aromatic rings. The van der Waals surface area contributed by atoms with Gasteiger partial charge in [-0.15, -0.1) is 0 Å². The van der Waals surface area contributed by atoms with Crippen LogP contribution in [0.15, 0.2) is 0 Å². The number of fused-ring (bicyclic) bond motifs is 1. The number of nitrogens with zero attached hydrogens (tertiary/aromatic N) is 1. The molecule has 0 aromatic carbocycles. The highest BCUT2D eigenvalue weighted by Crippen LogP contribution is 2.36. The maximum Gasteiger partial charge on any atom is 0.492 e. The van der Waals surface area contributed by atoms with E-state index in [1.165, 1.54) is 19.3 Å².